The fourth-order valence-electron chi connectivity index (χ4n) is 1.91. The van der Waals surface area contributed by atoms with Gasteiger partial charge in [0.2, 0.25) is 5.91 Å². The topological polar surface area (TPSA) is 107 Å². The molecule has 0 aliphatic heterocycles. The lowest BCUT2D eigenvalue weighted by Gasteiger charge is -2.21. The maximum atomic E-state index is 12.1. The quantitative estimate of drug-likeness (QED) is 0.568. The second-order valence-corrected chi connectivity index (χ2v) is 6.02. The van der Waals surface area contributed by atoms with E-state index in [0.717, 1.165) is 18.2 Å². The van der Waals surface area contributed by atoms with Gasteiger partial charge in [-0.1, -0.05) is 32.0 Å². The number of ether oxygens (including phenoxy) is 1. The summed E-state index contributed by atoms with van der Waals surface area (Å²) >= 11 is 1.08. The highest BCUT2D eigenvalue weighted by Gasteiger charge is 2.26. The summed E-state index contributed by atoms with van der Waals surface area (Å²) in [7, 11) is 1.30. The zero-order chi connectivity index (χ0) is 17.5. The van der Waals surface area contributed by atoms with Gasteiger partial charge in [0.25, 0.3) is 11.1 Å². The lowest BCUT2D eigenvalue weighted by Crippen LogP contribution is -2.46. The van der Waals surface area contributed by atoms with Crippen molar-refractivity contribution in [1.82, 2.24) is 15.5 Å². The Bertz CT molecular complexity index is 670. The Morgan fingerprint density at radius 3 is 2.83 bits per heavy atom. The first-order valence-electron chi connectivity index (χ1n) is 7.42. The van der Waals surface area contributed by atoms with Gasteiger partial charge < -0.3 is 18.9 Å². The third-order valence-electron chi connectivity index (χ3n) is 3.45. The Labute approximate surface area is 143 Å². The van der Waals surface area contributed by atoms with Crippen LogP contribution in [0, 0.1) is 5.92 Å². The average Bonchev–Trinajstić information content (AvgIpc) is 3.27. The minimum absolute atomic E-state index is 0.0274. The van der Waals surface area contributed by atoms with E-state index in [1.165, 1.54) is 13.4 Å². The van der Waals surface area contributed by atoms with Gasteiger partial charge in [0, 0.05) is 0 Å². The maximum absolute atomic E-state index is 12.1. The highest BCUT2D eigenvalue weighted by atomic mass is 32.2. The molecule has 9 heteroatoms. The van der Waals surface area contributed by atoms with Gasteiger partial charge in [-0.15, -0.1) is 10.2 Å². The second-order valence-electron chi connectivity index (χ2n) is 5.09. The van der Waals surface area contributed by atoms with Crippen LogP contribution in [0.25, 0.3) is 11.7 Å². The molecule has 2 atom stereocenters. The molecule has 1 N–H and O–H groups in total. The molecule has 2 aromatic heterocycles. The molecular formula is C15H19N3O5S. The number of amides is 1. The standard InChI is InChI=1S/C15H19N3O5S/c1-4-9(2)12(14(20)21-3)16-11(19)8-24-15-18-17-13(23-15)10-6-5-7-22-10/h5-7,9,12H,4,8H2,1-3H3,(H,16,19)/t9-,12-/m1/s1. The fraction of sp³-hybridized carbons (Fsp3) is 0.467. The van der Waals surface area contributed by atoms with Crippen molar-refractivity contribution in [3.05, 3.63) is 18.4 Å². The van der Waals surface area contributed by atoms with Crippen molar-refractivity contribution >= 4 is 23.6 Å². The number of methoxy groups -OCH3 is 1. The normalized spacial score (nSPS) is 13.3. The molecule has 2 heterocycles. The zero-order valence-electron chi connectivity index (χ0n) is 13.6. The van der Waals surface area contributed by atoms with Crippen LogP contribution in [0.3, 0.4) is 0 Å². The number of nitrogens with zero attached hydrogens (tertiary/aromatic N) is 2. The molecule has 0 saturated heterocycles. The third kappa shape index (κ3) is 4.60. The summed E-state index contributed by atoms with van der Waals surface area (Å²) in [5, 5.41) is 10.6. The molecule has 0 aliphatic carbocycles. The molecule has 0 spiro atoms. The molecule has 0 unspecified atom stereocenters. The number of thioether (sulfide) groups is 1. The molecule has 24 heavy (non-hydrogen) atoms. The molecule has 2 rings (SSSR count). The number of hydrogen-bond acceptors (Lipinski definition) is 8. The Hall–Kier alpha value is -2.29. The Morgan fingerprint density at radius 1 is 1.42 bits per heavy atom. The van der Waals surface area contributed by atoms with Gasteiger partial charge in [0.05, 0.1) is 19.1 Å². The lowest BCUT2D eigenvalue weighted by atomic mass is 9.99. The number of esters is 1. The van der Waals surface area contributed by atoms with Crippen molar-refractivity contribution in [2.24, 2.45) is 5.92 Å². The van der Waals surface area contributed by atoms with Crippen LogP contribution >= 0.6 is 11.8 Å². The van der Waals surface area contributed by atoms with Crippen molar-refractivity contribution in [1.29, 1.82) is 0 Å². The number of nitrogens with one attached hydrogen (secondary N) is 1. The van der Waals surface area contributed by atoms with E-state index in [4.69, 9.17) is 13.6 Å². The number of aromatic nitrogens is 2. The molecule has 0 aliphatic rings. The van der Waals surface area contributed by atoms with E-state index < -0.39 is 12.0 Å². The Balaban J connectivity index is 1.89. The number of carbonyl (C=O) groups is 2. The van der Waals surface area contributed by atoms with Crippen LogP contribution in [0.2, 0.25) is 0 Å². The first kappa shape index (κ1) is 18.1. The van der Waals surface area contributed by atoms with Crippen LogP contribution in [0.5, 0.6) is 0 Å². The van der Waals surface area contributed by atoms with Gasteiger partial charge in [0.15, 0.2) is 5.76 Å². The predicted molar refractivity (Wildman–Crippen MR) is 86.1 cm³/mol. The second kappa shape index (κ2) is 8.53. The van der Waals surface area contributed by atoms with Crippen molar-refractivity contribution in [3.63, 3.8) is 0 Å². The molecule has 0 fully saturated rings. The van der Waals surface area contributed by atoms with Gasteiger partial charge in [-0.05, 0) is 18.1 Å². The van der Waals surface area contributed by atoms with Crippen molar-refractivity contribution in [3.8, 4) is 11.7 Å². The Morgan fingerprint density at radius 2 is 2.21 bits per heavy atom. The molecule has 0 saturated carbocycles. The predicted octanol–water partition coefficient (Wildman–Crippen LogP) is 2.13. The first-order chi connectivity index (χ1) is 11.5. The minimum Gasteiger partial charge on any atom is -0.467 e. The molecule has 2 aromatic rings. The van der Waals surface area contributed by atoms with E-state index in [9.17, 15) is 9.59 Å². The molecule has 130 valence electrons. The maximum Gasteiger partial charge on any atom is 0.328 e. The van der Waals surface area contributed by atoms with Gasteiger partial charge in [-0.25, -0.2) is 4.79 Å². The van der Waals surface area contributed by atoms with Crippen LogP contribution in [0.1, 0.15) is 20.3 Å². The van der Waals surface area contributed by atoms with E-state index in [-0.39, 0.29) is 28.7 Å². The molecule has 0 aromatic carbocycles. The largest absolute Gasteiger partial charge is 0.467 e. The van der Waals surface area contributed by atoms with Gasteiger partial charge in [-0.2, -0.15) is 0 Å². The van der Waals surface area contributed by atoms with Crippen LogP contribution in [0.4, 0.5) is 0 Å². The number of carbonyl (C=O) groups excluding carboxylic acids is 2. The van der Waals surface area contributed by atoms with E-state index in [2.05, 4.69) is 15.5 Å². The molecule has 8 nitrogen and oxygen atoms in total. The summed E-state index contributed by atoms with van der Waals surface area (Å²) in [6, 6.07) is 2.73. The van der Waals surface area contributed by atoms with Gasteiger partial charge in [-0.3, -0.25) is 4.79 Å². The summed E-state index contributed by atoms with van der Waals surface area (Å²) in [6.45, 7) is 3.82. The minimum atomic E-state index is -0.672. The summed E-state index contributed by atoms with van der Waals surface area (Å²) in [6.07, 6.45) is 2.24. The van der Waals surface area contributed by atoms with E-state index in [0.29, 0.717) is 5.76 Å². The van der Waals surface area contributed by atoms with Gasteiger partial charge >= 0.3 is 5.97 Å². The zero-order valence-corrected chi connectivity index (χ0v) is 14.5. The highest BCUT2D eigenvalue weighted by molar-refractivity contribution is 7.99. The van der Waals surface area contributed by atoms with Crippen molar-refractivity contribution in [2.45, 2.75) is 31.5 Å². The van der Waals surface area contributed by atoms with Gasteiger partial charge in [0.1, 0.15) is 6.04 Å². The van der Waals surface area contributed by atoms with E-state index >= 15 is 0 Å². The molecule has 0 radical (unpaired) electrons. The SMILES string of the molecule is CC[C@@H](C)[C@@H](NC(=O)CSc1nnc(-c2ccco2)o1)C(=O)OC. The third-order valence-corrected chi connectivity index (χ3v) is 4.27. The number of furan rings is 1. The van der Waals surface area contributed by atoms with Crippen LogP contribution in [-0.4, -0.2) is 41.0 Å². The number of rotatable bonds is 8. The first-order valence-corrected chi connectivity index (χ1v) is 8.41. The van der Waals surface area contributed by atoms with E-state index in [1.807, 2.05) is 13.8 Å². The number of hydrogen-bond donors (Lipinski definition) is 1. The molecule has 1 amide bonds. The lowest BCUT2D eigenvalue weighted by molar-refractivity contribution is -0.146. The van der Waals surface area contributed by atoms with Crippen LogP contribution in [-0.2, 0) is 14.3 Å². The molecule has 0 bridgehead atoms. The van der Waals surface area contributed by atoms with Crippen molar-refractivity contribution < 1.29 is 23.2 Å². The summed E-state index contributed by atoms with van der Waals surface area (Å²) < 4.78 is 15.3. The summed E-state index contributed by atoms with van der Waals surface area (Å²) in [4.78, 5) is 23.8. The summed E-state index contributed by atoms with van der Waals surface area (Å²) in [5.74, 6) is -0.0466. The fourth-order valence-corrected chi connectivity index (χ4v) is 2.48. The highest BCUT2D eigenvalue weighted by Crippen LogP contribution is 2.23. The monoisotopic (exact) mass is 353 g/mol. The van der Waals surface area contributed by atoms with Crippen molar-refractivity contribution in [2.75, 3.05) is 12.9 Å². The smallest absolute Gasteiger partial charge is 0.328 e. The molecular weight excluding hydrogens is 334 g/mol. The van der Waals surface area contributed by atoms with E-state index in [1.54, 1.807) is 12.1 Å². The van der Waals surface area contributed by atoms with Crippen LogP contribution in [0.15, 0.2) is 32.5 Å². The Kier molecular flexibility index (Phi) is 6.42. The summed E-state index contributed by atoms with van der Waals surface area (Å²) in [5.41, 5.74) is 0. The van der Waals surface area contributed by atoms with Crippen LogP contribution < -0.4 is 5.32 Å². The average molecular weight is 353 g/mol.